The quantitative estimate of drug-likeness (QED) is 0.413. The molecule has 1 aromatic carbocycles. The topological polar surface area (TPSA) is 72.0 Å². The van der Waals surface area contributed by atoms with E-state index >= 15 is 0 Å². The SMILES string of the molecule is N=C1C2CCCC1CC(CCc1nc3c(OC(F)(F)F)c(Cl)cc(-c4nccs4)c3o1)C2. The van der Waals surface area contributed by atoms with Gasteiger partial charge in [-0.1, -0.05) is 18.0 Å². The van der Waals surface area contributed by atoms with Crippen LogP contribution >= 0.6 is 22.9 Å². The second-order valence-electron chi connectivity index (χ2n) is 8.56. The summed E-state index contributed by atoms with van der Waals surface area (Å²) >= 11 is 7.49. The summed E-state index contributed by atoms with van der Waals surface area (Å²) in [4.78, 5) is 8.60. The summed E-state index contributed by atoms with van der Waals surface area (Å²) in [5.74, 6) is 1.02. The monoisotopic (exact) mass is 483 g/mol. The van der Waals surface area contributed by atoms with Gasteiger partial charge in [-0.05, 0) is 55.9 Å². The molecule has 2 unspecified atom stereocenters. The van der Waals surface area contributed by atoms with Crippen molar-refractivity contribution in [3.05, 3.63) is 28.6 Å². The predicted octanol–water partition coefficient (Wildman–Crippen LogP) is 7.28. The van der Waals surface area contributed by atoms with Crippen LogP contribution in [0.5, 0.6) is 5.75 Å². The van der Waals surface area contributed by atoms with Crippen molar-refractivity contribution in [1.82, 2.24) is 9.97 Å². The third kappa shape index (κ3) is 4.24. The van der Waals surface area contributed by atoms with Crippen molar-refractivity contribution in [3.63, 3.8) is 0 Å². The van der Waals surface area contributed by atoms with E-state index in [9.17, 15) is 13.2 Å². The molecule has 2 fully saturated rings. The van der Waals surface area contributed by atoms with E-state index in [0.717, 1.165) is 37.8 Å². The Labute approximate surface area is 191 Å². The van der Waals surface area contributed by atoms with Crippen LogP contribution in [-0.2, 0) is 6.42 Å². The van der Waals surface area contributed by atoms with Gasteiger partial charge in [0.25, 0.3) is 0 Å². The summed E-state index contributed by atoms with van der Waals surface area (Å²) in [7, 11) is 0. The number of ether oxygens (including phenoxy) is 1. The molecule has 0 aliphatic heterocycles. The molecular formula is C22H21ClF3N3O2S. The van der Waals surface area contributed by atoms with Crippen LogP contribution in [0.4, 0.5) is 13.2 Å². The van der Waals surface area contributed by atoms with Gasteiger partial charge in [0.15, 0.2) is 22.7 Å². The Balaban J connectivity index is 1.44. The molecule has 0 saturated heterocycles. The Morgan fingerprint density at radius 2 is 2.00 bits per heavy atom. The minimum Gasteiger partial charge on any atom is -0.440 e. The molecule has 0 radical (unpaired) electrons. The summed E-state index contributed by atoms with van der Waals surface area (Å²) < 4.78 is 49.1. The van der Waals surface area contributed by atoms with E-state index in [-0.39, 0.29) is 16.1 Å². The van der Waals surface area contributed by atoms with Gasteiger partial charge in [0.05, 0.1) is 10.6 Å². The molecule has 5 rings (SSSR count). The van der Waals surface area contributed by atoms with Gasteiger partial charge in [0.1, 0.15) is 5.01 Å². The van der Waals surface area contributed by atoms with Crippen molar-refractivity contribution in [1.29, 1.82) is 5.41 Å². The maximum atomic E-state index is 13.0. The number of nitrogens with one attached hydrogen (secondary N) is 1. The first-order valence-corrected chi connectivity index (χ1v) is 11.9. The van der Waals surface area contributed by atoms with Crippen molar-refractivity contribution < 1.29 is 22.3 Å². The summed E-state index contributed by atoms with van der Waals surface area (Å²) in [5.41, 5.74) is 1.55. The van der Waals surface area contributed by atoms with E-state index in [1.165, 1.54) is 23.8 Å². The van der Waals surface area contributed by atoms with Gasteiger partial charge in [0, 0.05) is 23.7 Å². The molecule has 0 spiro atoms. The lowest BCUT2D eigenvalue weighted by Crippen LogP contribution is -2.36. The largest absolute Gasteiger partial charge is 0.573 e. The molecule has 2 heterocycles. The van der Waals surface area contributed by atoms with E-state index in [1.807, 2.05) is 0 Å². The highest BCUT2D eigenvalue weighted by molar-refractivity contribution is 7.13. The van der Waals surface area contributed by atoms with Crippen molar-refractivity contribution in [2.75, 3.05) is 0 Å². The van der Waals surface area contributed by atoms with Gasteiger partial charge in [-0.2, -0.15) is 0 Å². The summed E-state index contributed by atoms with van der Waals surface area (Å²) in [6.45, 7) is 0. The Bertz CT molecular complexity index is 1130. The Morgan fingerprint density at radius 1 is 1.25 bits per heavy atom. The molecule has 2 saturated carbocycles. The molecule has 3 aromatic rings. The van der Waals surface area contributed by atoms with Gasteiger partial charge < -0.3 is 14.6 Å². The first-order valence-electron chi connectivity index (χ1n) is 10.6. The molecule has 2 aliphatic rings. The smallest absolute Gasteiger partial charge is 0.440 e. The number of alkyl halides is 3. The highest BCUT2D eigenvalue weighted by atomic mass is 35.5. The Hall–Kier alpha value is -2.13. The molecule has 0 amide bonds. The van der Waals surface area contributed by atoms with Crippen LogP contribution in [0.15, 0.2) is 22.1 Å². The van der Waals surface area contributed by atoms with E-state index in [0.29, 0.717) is 40.6 Å². The molecule has 2 bridgehead atoms. The number of thiazole rings is 1. The fraction of sp³-hybridized carbons (Fsp3) is 0.500. The van der Waals surface area contributed by atoms with Crippen LogP contribution in [0.1, 0.15) is 44.4 Å². The van der Waals surface area contributed by atoms with Crippen LogP contribution < -0.4 is 4.74 Å². The van der Waals surface area contributed by atoms with Gasteiger partial charge in [-0.3, -0.25) is 0 Å². The highest BCUT2D eigenvalue weighted by Gasteiger charge is 2.37. The van der Waals surface area contributed by atoms with Crippen molar-refractivity contribution >= 4 is 39.7 Å². The first-order chi connectivity index (χ1) is 15.3. The lowest BCUT2D eigenvalue weighted by Gasteiger charge is -2.39. The fourth-order valence-electron chi connectivity index (χ4n) is 5.12. The van der Waals surface area contributed by atoms with Gasteiger partial charge >= 0.3 is 6.36 Å². The zero-order chi connectivity index (χ0) is 22.5. The van der Waals surface area contributed by atoms with Crippen molar-refractivity contribution in [2.24, 2.45) is 17.8 Å². The number of aryl methyl sites for hydroxylation is 1. The number of hydrogen-bond acceptors (Lipinski definition) is 6. The van der Waals surface area contributed by atoms with Crippen LogP contribution in [0.25, 0.3) is 21.7 Å². The maximum absolute atomic E-state index is 13.0. The average molecular weight is 484 g/mol. The van der Waals surface area contributed by atoms with Crippen molar-refractivity contribution in [2.45, 2.75) is 51.3 Å². The number of oxazole rings is 1. The molecular weight excluding hydrogens is 463 g/mol. The van der Waals surface area contributed by atoms with Gasteiger partial charge in [-0.25, -0.2) is 9.97 Å². The zero-order valence-electron chi connectivity index (χ0n) is 17.0. The van der Waals surface area contributed by atoms with E-state index in [4.69, 9.17) is 21.4 Å². The number of hydrogen-bond donors (Lipinski definition) is 1. The minimum atomic E-state index is -4.90. The van der Waals surface area contributed by atoms with E-state index < -0.39 is 12.1 Å². The standard InChI is InChI=1S/C22H21ClF3N3O2S/c23-15-10-14(21-28-6-7-32-21)19-18(20(15)31-22(24,25)26)29-16(30-19)5-4-11-8-12-2-1-3-13(9-11)17(12)27/h6-7,10-13,27H,1-5,8-9H2. The normalized spacial score (nSPS) is 23.6. The van der Waals surface area contributed by atoms with Crippen LogP contribution in [-0.4, -0.2) is 22.0 Å². The average Bonchev–Trinajstić information content (AvgIpc) is 3.38. The fourth-order valence-corrected chi connectivity index (χ4v) is 6.00. The minimum absolute atomic E-state index is 0.0442. The molecule has 32 heavy (non-hydrogen) atoms. The second kappa shape index (κ2) is 8.33. The van der Waals surface area contributed by atoms with Crippen LogP contribution in [0.3, 0.4) is 0 Å². The summed E-state index contributed by atoms with van der Waals surface area (Å²) in [6, 6.07) is 1.38. The van der Waals surface area contributed by atoms with Gasteiger partial charge in [-0.15, -0.1) is 24.5 Å². The molecule has 170 valence electrons. The Morgan fingerprint density at radius 3 is 2.66 bits per heavy atom. The molecule has 5 nitrogen and oxygen atoms in total. The summed E-state index contributed by atoms with van der Waals surface area (Å²) in [5, 5.41) is 10.5. The summed E-state index contributed by atoms with van der Waals surface area (Å²) in [6.07, 6.45) is 3.39. The number of benzene rings is 1. The molecule has 2 atom stereocenters. The third-order valence-electron chi connectivity index (χ3n) is 6.49. The third-order valence-corrected chi connectivity index (χ3v) is 7.57. The predicted molar refractivity (Wildman–Crippen MR) is 116 cm³/mol. The number of nitrogens with zero attached hydrogens (tertiary/aromatic N) is 2. The van der Waals surface area contributed by atoms with E-state index in [2.05, 4.69) is 14.7 Å². The molecule has 10 heteroatoms. The lowest BCUT2D eigenvalue weighted by molar-refractivity contribution is -0.274. The first kappa shape index (κ1) is 21.7. The molecule has 2 aromatic heterocycles. The van der Waals surface area contributed by atoms with E-state index in [1.54, 1.807) is 11.6 Å². The highest BCUT2D eigenvalue weighted by Crippen LogP contribution is 2.44. The lowest BCUT2D eigenvalue weighted by atomic mass is 9.66. The number of fused-ring (bicyclic) bond motifs is 3. The van der Waals surface area contributed by atoms with Crippen LogP contribution in [0, 0.1) is 23.2 Å². The molecule has 2 aliphatic carbocycles. The number of halogens is 4. The second-order valence-corrected chi connectivity index (χ2v) is 9.86. The van der Waals surface area contributed by atoms with Crippen LogP contribution in [0.2, 0.25) is 5.02 Å². The maximum Gasteiger partial charge on any atom is 0.573 e. The molecule has 1 N–H and O–H groups in total. The van der Waals surface area contributed by atoms with Crippen molar-refractivity contribution in [3.8, 4) is 16.3 Å². The Kier molecular flexibility index (Phi) is 5.65. The zero-order valence-corrected chi connectivity index (χ0v) is 18.6. The van der Waals surface area contributed by atoms with Gasteiger partial charge in [0.2, 0.25) is 0 Å². The number of rotatable bonds is 5. The number of aromatic nitrogens is 2.